The molecule has 0 spiro atoms. The average molecular weight is 284 g/mol. The molecule has 4 rings (SSSR count). The van der Waals surface area contributed by atoms with E-state index in [0.29, 0.717) is 0 Å². The highest BCUT2D eigenvalue weighted by atomic mass is 15.0. The largest absolute Gasteiger partial charge is 0.369 e. The summed E-state index contributed by atoms with van der Waals surface area (Å²) in [5.74, 6) is 4.41. The summed E-state index contributed by atoms with van der Waals surface area (Å²) in [4.78, 5) is 9.33. The number of anilines is 1. The maximum atomic E-state index is 4.68. The number of nitrogens with zero attached hydrogens (tertiary/aromatic N) is 2. The molecule has 0 saturated heterocycles. The second kappa shape index (κ2) is 5.41. The zero-order valence-electron chi connectivity index (χ0n) is 12.7. The Bertz CT molecular complexity index is 566. The molecule has 0 aromatic carbocycles. The van der Waals surface area contributed by atoms with Gasteiger partial charge in [-0.15, -0.1) is 0 Å². The van der Waals surface area contributed by atoms with Gasteiger partial charge in [0.2, 0.25) is 0 Å². The minimum Gasteiger partial charge on any atom is -0.369 e. The third-order valence-electron chi connectivity index (χ3n) is 5.24. The predicted molar refractivity (Wildman–Crippen MR) is 84.4 cm³/mol. The Morgan fingerprint density at radius 2 is 2.10 bits per heavy atom. The van der Waals surface area contributed by atoms with Gasteiger partial charge in [0.15, 0.2) is 0 Å². The van der Waals surface area contributed by atoms with Crippen molar-refractivity contribution in [3.8, 4) is 0 Å². The lowest BCUT2D eigenvalue weighted by molar-refractivity contribution is 0.471. The van der Waals surface area contributed by atoms with Gasteiger partial charge in [-0.25, -0.2) is 9.97 Å². The summed E-state index contributed by atoms with van der Waals surface area (Å²) >= 11 is 0. The van der Waals surface area contributed by atoms with Gasteiger partial charge in [0.25, 0.3) is 0 Å². The number of hydrogen-bond acceptors (Lipinski definition) is 4. The summed E-state index contributed by atoms with van der Waals surface area (Å²) in [7, 11) is 0. The fraction of sp³-hybridized carbons (Fsp3) is 0.647. The Morgan fingerprint density at radius 3 is 2.90 bits per heavy atom. The molecule has 1 aliphatic heterocycles. The molecule has 1 aromatic rings. The Labute approximate surface area is 126 Å². The third-order valence-corrected chi connectivity index (χ3v) is 5.24. The van der Waals surface area contributed by atoms with Crippen LogP contribution in [0, 0.1) is 24.7 Å². The molecule has 0 unspecified atom stereocenters. The highest BCUT2D eigenvalue weighted by Crippen LogP contribution is 2.43. The van der Waals surface area contributed by atoms with E-state index in [9.17, 15) is 0 Å². The molecule has 3 aliphatic rings. The van der Waals surface area contributed by atoms with Gasteiger partial charge in [-0.1, -0.05) is 12.2 Å². The number of hydrogen-bond donors (Lipinski definition) is 2. The second-order valence-electron chi connectivity index (χ2n) is 6.72. The highest BCUT2D eigenvalue weighted by Gasteiger charge is 2.35. The van der Waals surface area contributed by atoms with Crippen molar-refractivity contribution >= 4 is 5.82 Å². The molecule has 3 atom stereocenters. The molecule has 4 heteroatoms. The van der Waals surface area contributed by atoms with Crippen LogP contribution in [0.5, 0.6) is 0 Å². The van der Waals surface area contributed by atoms with Crippen LogP contribution in [0.3, 0.4) is 0 Å². The normalized spacial score (nSPS) is 30.2. The van der Waals surface area contributed by atoms with E-state index in [2.05, 4.69) is 32.8 Å². The molecule has 4 nitrogen and oxygen atoms in total. The fourth-order valence-electron chi connectivity index (χ4n) is 4.17. The van der Waals surface area contributed by atoms with Crippen molar-refractivity contribution in [3.05, 3.63) is 29.2 Å². The van der Waals surface area contributed by atoms with E-state index in [1.807, 2.05) is 6.92 Å². The molecule has 2 N–H and O–H groups in total. The molecule has 2 bridgehead atoms. The van der Waals surface area contributed by atoms with Gasteiger partial charge in [-0.3, -0.25) is 0 Å². The van der Waals surface area contributed by atoms with E-state index in [0.717, 1.165) is 61.9 Å². The van der Waals surface area contributed by atoms with Crippen LogP contribution in [0.4, 0.5) is 5.82 Å². The van der Waals surface area contributed by atoms with E-state index in [-0.39, 0.29) is 0 Å². The quantitative estimate of drug-likeness (QED) is 0.835. The molecule has 1 aromatic heterocycles. The van der Waals surface area contributed by atoms with Crippen molar-refractivity contribution in [2.24, 2.45) is 17.8 Å². The molecule has 0 amide bonds. The summed E-state index contributed by atoms with van der Waals surface area (Å²) in [6.45, 7) is 5.12. The van der Waals surface area contributed by atoms with Gasteiger partial charge in [0.1, 0.15) is 11.6 Å². The Hall–Kier alpha value is -1.42. The van der Waals surface area contributed by atoms with E-state index in [1.54, 1.807) is 0 Å². The first kappa shape index (κ1) is 13.3. The van der Waals surface area contributed by atoms with E-state index < -0.39 is 0 Å². The topological polar surface area (TPSA) is 49.8 Å². The van der Waals surface area contributed by atoms with Crippen molar-refractivity contribution in [2.75, 3.05) is 25.0 Å². The summed E-state index contributed by atoms with van der Waals surface area (Å²) in [6, 6.07) is 0. The van der Waals surface area contributed by atoms with Crippen molar-refractivity contribution in [2.45, 2.75) is 32.6 Å². The molecule has 2 heterocycles. The summed E-state index contributed by atoms with van der Waals surface area (Å²) in [5, 5.41) is 7.11. The standard InChI is InChI=1S/C17H24N4/c1-11-20-16-5-7-18-6-4-15(16)17(21-11)19-10-14-9-12-2-3-13(14)8-12/h2-3,12-14,18H,4-10H2,1H3,(H,19,20,21)/t12-,13+,14+/m1/s1. The first-order valence-corrected chi connectivity index (χ1v) is 8.29. The first-order chi connectivity index (χ1) is 10.3. The minimum absolute atomic E-state index is 0.787. The smallest absolute Gasteiger partial charge is 0.133 e. The maximum absolute atomic E-state index is 4.68. The van der Waals surface area contributed by atoms with Crippen molar-refractivity contribution in [1.82, 2.24) is 15.3 Å². The minimum atomic E-state index is 0.787. The summed E-state index contributed by atoms with van der Waals surface area (Å²) < 4.78 is 0. The summed E-state index contributed by atoms with van der Waals surface area (Å²) in [6.07, 6.45) is 9.61. The van der Waals surface area contributed by atoms with Crippen LogP contribution in [0.1, 0.15) is 29.9 Å². The molecule has 0 radical (unpaired) electrons. The third kappa shape index (κ3) is 2.57. The van der Waals surface area contributed by atoms with Crippen LogP contribution in [0.15, 0.2) is 12.2 Å². The zero-order chi connectivity index (χ0) is 14.2. The van der Waals surface area contributed by atoms with Gasteiger partial charge < -0.3 is 10.6 Å². The van der Waals surface area contributed by atoms with Crippen LogP contribution in [-0.4, -0.2) is 29.6 Å². The van der Waals surface area contributed by atoms with Crippen LogP contribution < -0.4 is 10.6 Å². The second-order valence-corrected chi connectivity index (χ2v) is 6.72. The average Bonchev–Trinajstić information content (AvgIpc) is 3.01. The van der Waals surface area contributed by atoms with Gasteiger partial charge in [0, 0.05) is 25.1 Å². The highest BCUT2D eigenvalue weighted by molar-refractivity contribution is 5.47. The monoisotopic (exact) mass is 284 g/mol. The lowest BCUT2D eigenvalue weighted by Crippen LogP contribution is -2.20. The van der Waals surface area contributed by atoms with Gasteiger partial charge in [0.05, 0.1) is 5.69 Å². The summed E-state index contributed by atoms with van der Waals surface area (Å²) in [5.41, 5.74) is 2.58. The molecular formula is C17H24N4. The number of aryl methyl sites for hydroxylation is 1. The van der Waals surface area contributed by atoms with Crippen LogP contribution >= 0.6 is 0 Å². The van der Waals surface area contributed by atoms with Gasteiger partial charge in [-0.2, -0.15) is 0 Å². The van der Waals surface area contributed by atoms with Crippen LogP contribution in [-0.2, 0) is 12.8 Å². The number of rotatable bonds is 3. The zero-order valence-corrected chi connectivity index (χ0v) is 12.7. The van der Waals surface area contributed by atoms with Crippen LogP contribution in [0.25, 0.3) is 0 Å². The fourth-order valence-corrected chi connectivity index (χ4v) is 4.17. The number of allylic oxidation sites excluding steroid dienone is 2. The van der Waals surface area contributed by atoms with E-state index in [4.69, 9.17) is 0 Å². The lowest BCUT2D eigenvalue weighted by atomic mass is 9.93. The van der Waals surface area contributed by atoms with Crippen molar-refractivity contribution < 1.29 is 0 Å². The molecule has 2 aliphatic carbocycles. The Balaban J connectivity index is 1.52. The molecule has 21 heavy (non-hydrogen) atoms. The number of fused-ring (bicyclic) bond motifs is 3. The SMILES string of the molecule is Cc1nc2c(c(NC[C@@H]3C[C@@H]4C=C[C@H]3C4)n1)CCNCC2. The van der Waals surface area contributed by atoms with Gasteiger partial charge >= 0.3 is 0 Å². The number of nitrogens with one attached hydrogen (secondary N) is 2. The van der Waals surface area contributed by atoms with E-state index >= 15 is 0 Å². The maximum Gasteiger partial charge on any atom is 0.133 e. The molecule has 1 fully saturated rings. The molecule has 1 saturated carbocycles. The number of aromatic nitrogens is 2. The predicted octanol–water partition coefficient (Wildman–Crippen LogP) is 2.10. The van der Waals surface area contributed by atoms with Crippen molar-refractivity contribution in [1.29, 1.82) is 0 Å². The van der Waals surface area contributed by atoms with E-state index in [1.165, 1.54) is 24.1 Å². The first-order valence-electron chi connectivity index (χ1n) is 8.29. The van der Waals surface area contributed by atoms with Gasteiger partial charge in [-0.05, 0) is 50.5 Å². The lowest BCUT2D eigenvalue weighted by Gasteiger charge is -2.20. The Morgan fingerprint density at radius 1 is 1.19 bits per heavy atom. The Kier molecular flexibility index (Phi) is 3.42. The molecule has 112 valence electrons. The van der Waals surface area contributed by atoms with Crippen LogP contribution in [0.2, 0.25) is 0 Å². The molecular weight excluding hydrogens is 260 g/mol. The van der Waals surface area contributed by atoms with Crippen molar-refractivity contribution in [3.63, 3.8) is 0 Å².